The van der Waals surface area contributed by atoms with Gasteiger partial charge in [0.25, 0.3) is 0 Å². The first-order valence-corrected chi connectivity index (χ1v) is 15.2. The van der Waals surface area contributed by atoms with Gasteiger partial charge in [-0.05, 0) is 72.3 Å². The first-order chi connectivity index (χ1) is 20.8. The maximum absolute atomic E-state index is 16.0. The summed E-state index contributed by atoms with van der Waals surface area (Å²) in [7, 11) is 1.39. The van der Waals surface area contributed by atoms with E-state index >= 15 is 4.39 Å². The summed E-state index contributed by atoms with van der Waals surface area (Å²) >= 11 is 6.40. The van der Waals surface area contributed by atoms with Crippen LogP contribution in [0.4, 0.5) is 20.2 Å². The normalized spacial score (nSPS) is 23.0. The highest BCUT2D eigenvalue weighted by Crippen LogP contribution is 2.60. The molecular formula is C34H38ClF2N3O4. The van der Waals surface area contributed by atoms with Crippen molar-refractivity contribution in [1.82, 2.24) is 4.90 Å². The Labute approximate surface area is 261 Å². The lowest BCUT2D eigenvalue weighted by atomic mass is 9.63. The number of hydrogen-bond acceptors (Lipinski definition) is 5. The molecule has 10 heteroatoms. The lowest BCUT2D eigenvalue weighted by molar-refractivity contribution is -0.121. The van der Waals surface area contributed by atoms with Crippen LogP contribution in [0.2, 0.25) is 5.02 Å². The van der Waals surface area contributed by atoms with Gasteiger partial charge in [-0.3, -0.25) is 9.69 Å². The maximum atomic E-state index is 16.0. The van der Waals surface area contributed by atoms with E-state index in [0.29, 0.717) is 24.5 Å². The van der Waals surface area contributed by atoms with E-state index in [9.17, 15) is 19.1 Å². The van der Waals surface area contributed by atoms with Crippen LogP contribution < -0.4 is 15.4 Å². The second kappa shape index (κ2) is 12.0. The molecule has 0 aromatic heterocycles. The second-order valence-corrected chi connectivity index (χ2v) is 13.3. The third-order valence-corrected chi connectivity index (χ3v) is 9.09. The van der Waals surface area contributed by atoms with Crippen LogP contribution in [0.3, 0.4) is 0 Å². The van der Waals surface area contributed by atoms with Gasteiger partial charge < -0.3 is 20.5 Å². The number of carboxylic acid groups (broad SMARTS) is 1. The average Bonchev–Trinajstić information content (AvgIpc) is 3.45. The molecule has 0 radical (unpaired) electrons. The van der Waals surface area contributed by atoms with Gasteiger partial charge in [-0.2, -0.15) is 0 Å². The van der Waals surface area contributed by atoms with Crippen molar-refractivity contribution in [2.24, 2.45) is 5.41 Å². The molecule has 4 atom stereocenters. The monoisotopic (exact) mass is 625 g/mol. The Hall–Kier alpha value is -3.69. The molecule has 0 aliphatic carbocycles. The molecule has 3 aromatic carbocycles. The number of methoxy groups -OCH3 is 1. The molecule has 1 amide bonds. The van der Waals surface area contributed by atoms with Gasteiger partial charge in [0, 0.05) is 34.6 Å². The van der Waals surface area contributed by atoms with Gasteiger partial charge in [0.15, 0.2) is 11.6 Å². The number of fused-ring (bicyclic) bond motifs is 2. The fourth-order valence-electron chi connectivity index (χ4n) is 7.23. The molecule has 7 nitrogen and oxygen atoms in total. The summed E-state index contributed by atoms with van der Waals surface area (Å²) in [4.78, 5) is 28.3. The summed E-state index contributed by atoms with van der Waals surface area (Å²) in [5, 5.41) is 16.5. The van der Waals surface area contributed by atoms with Crippen molar-refractivity contribution >= 4 is 34.9 Å². The van der Waals surface area contributed by atoms with Gasteiger partial charge in [-0.15, -0.1) is 0 Å². The summed E-state index contributed by atoms with van der Waals surface area (Å²) in [6.07, 6.45) is 1.39. The smallest absolute Gasteiger partial charge is 0.335 e. The Bertz CT molecular complexity index is 1590. The topological polar surface area (TPSA) is 90.9 Å². The fourth-order valence-corrected chi connectivity index (χ4v) is 7.40. The van der Waals surface area contributed by atoms with Crippen molar-refractivity contribution in [3.63, 3.8) is 0 Å². The lowest BCUT2D eigenvalue weighted by Crippen LogP contribution is -2.49. The minimum Gasteiger partial charge on any atom is -0.495 e. The zero-order chi connectivity index (χ0) is 32.0. The highest BCUT2D eigenvalue weighted by Gasteiger charge is 2.65. The molecule has 1 spiro atoms. The summed E-state index contributed by atoms with van der Waals surface area (Å²) in [6, 6.07) is 12.8. The van der Waals surface area contributed by atoms with Gasteiger partial charge in [-0.25, -0.2) is 13.6 Å². The number of carbonyl (C=O) groups is 2. The van der Waals surface area contributed by atoms with Crippen LogP contribution in [0.1, 0.15) is 67.9 Å². The molecule has 0 saturated carbocycles. The number of halogens is 3. The molecule has 3 N–H and O–H groups in total. The molecule has 2 aliphatic rings. The highest BCUT2D eigenvalue weighted by molar-refractivity contribution is 6.30. The van der Waals surface area contributed by atoms with Crippen molar-refractivity contribution < 1.29 is 28.2 Å². The third kappa shape index (κ3) is 5.52. The maximum Gasteiger partial charge on any atom is 0.335 e. The van der Waals surface area contributed by atoms with E-state index in [4.69, 9.17) is 16.3 Å². The number of nitrogens with zero attached hydrogens (tertiary/aromatic N) is 1. The van der Waals surface area contributed by atoms with Gasteiger partial charge in [-0.1, -0.05) is 57.5 Å². The van der Waals surface area contributed by atoms with E-state index in [1.807, 2.05) is 19.1 Å². The van der Waals surface area contributed by atoms with E-state index in [1.165, 1.54) is 31.4 Å². The molecule has 0 unspecified atom stereocenters. The minimum absolute atomic E-state index is 0.00419. The number of anilines is 2. The fraction of sp³-hybridized carbons (Fsp3) is 0.412. The van der Waals surface area contributed by atoms with Crippen LogP contribution in [0.15, 0.2) is 54.6 Å². The van der Waals surface area contributed by atoms with Gasteiger partial charge >= 0.3 is 5.97 Å². The van der Waals surface area contributed by atoms with E-state index < -0.39 is 40.9 Å². The van der Waals surface area contributed by atoms with Crippen molar-refractivity contribution in [2.45, 2.75) is 64.0 Å². The molecule has 234 valence electrons. The zero-order valence-corrected chi connectivity index (χ0v) is 26.3. The standard InChI is InChI=1S/C34H38ClF2N3O4/c1-6-14-40-27(17-33(2,3)4)34(18-38-25-16-20(35)11-12-22(25)34)28(21-8-7-9-23(36)29(21)37)30(40)31(41)39-24-13-10-19(32(42)43)15-26(24)44-5/h7-13,15-16,27-28,30,38H,6,14,17-18H2,1-5H3,(H,39,41)(H,42,43)/t27-,28-,30+,34-/m0/s1. The van der Waals surface area contributed by atoms with Crippen LogP contribution in [0, 0.1) is 17.0 Å². The molecule has 0 bridgehead atoms. The van der Waals surface area contributed by atoms with Crippen LogP contribution in [0.25, 0.3) is 0 Å². The second-order valence-electron chi connectivity index (χ2n) is 12.9. The van der Waals surface area contributed by atoms with Gasteiger partial charge in [0.05, 0.1) is 24.4 Å². The molecule has 1 saturated heterocycles. The van der Waals surface area contributed by atoms with Crippen molar-refractivity contribution in [2.75, 3.05) is 30.8 Å². The Kier molecular flexibility index (Phi) is 8.66. The van der Waals surface area contributed by atoms with Crippen LogP contribution in [-0.4, -0.2) is 54.2 Å². The molecule has 2 heterocycles. The molecule has 2 aliphatic heterocycles. The predicted octanol–water partition coefficient (Wildman–Crippen LogP) is 7.31. The zero-order valence-electron chi connectivity index (χ0n) is 25.5. The summed E-state index contributed by atoms with van der Waals surface area (Å²) < 4.78 is 36.4. The van der Waals surface area contributed by atoms with E-state index in [0.717, 1.165) is 23.7 Å². The van der Waals surface area contributed by atoms with Crippen molar-refractivity contribution in [3.05, 3.63) is 87.9 Å². The first kappa shape index (κ1) is 31.7. The Morgan fingerprint density at radius 2 is 1.91 bits per heavy atom. The van der Waals surface area contributed by atoms with Crippen LogP contribution in [-0.2, 0) is 10.2 Å². The summed E-state index contributed by atoms with van der Waals surface area (Å²) in [5.74, 6) is -4.13. The number of ether oxygens (including phenoxy) is 1. The van der Waals surface area contributed by atoms with Crippen LogP contribution in [0.5, 0.6) is 5.75 Å². The van der Waals surface area contributed by atoms with Gasteiger partial charge in [0.1, 0.15) is 5.75 Å². The number of nitrogens with one attached hydrogen (secondary N) is 2. The Morgan fingerprint density at radius 1 is 1.16 bits per heavy atom. The number of benzene rings is 3. The third-order valence-electron chi connectivity index (χ3n) is 8.86. The molecule has 5 rings (SSSR count). The number of amides is 1. The molecule has 44 heavy (non-hydrogen) atoms. The average molecular weight is 626 g/mol. The number of carbonyl (C=O) groups excluding carboxylic acids is 1. The van der Waals surface area contributed by atoms with E-state index in [1.54, 1.807) is 12.1 Å². The number of carboxylic acids is 1. The molecule has 3 aromatic rings. The Balaban J connectivity index is 1.75. The number of hydrogen-bond donors (Lipinski definition) is 3. The lowest BCUT2D eigenvalue weighted by Gasteiger charge is -2.41. The summed E-state index contributed by atoms with van der Waals surface area (Å²) in [6.45, 7) is 9.36. The van der Waals surface area contributed by atoms with Crippen molar-refractivity contribution in [3.8, 4) is 5.75 Å². The molecular weight excluding hydrogens is 588 g/mol. The van der Waals surface area contributed by atoms with Crippen LogP contribution >= 0.6 is 11.6 Å². The predicted molar refractivity (Wildman–Crippen MR) is 168 cm³/mol. The minimum atomic E-state index is -1.13. The van der Waals surface area contributed by atoms with Crippen molar-refractivity contribution in [1.29, 1.82) is 0 Å². The molecule has 1 fully saturated rings. The van der Waals surface area contributed by atoms with E-state index in [-0.39, 0.29) is 34.0 Å². The highest BCUT2D eigenvalue weighted by atomic mass is 35.5. The van der Waals surface area contributed by atoms with Gasteiger partial charge in [0.2, 0.25) is 5.91 Å². The summed E-state index contributed by atoms with van der Waals surface area (Å²) in [5.41, 5.74) is 1.13. The first-order valence-electron chi connectivity index (χ1n) is 14.8. The Morgan fingerprint density at radius 3 is 2.57 bits per heavy atom. The quantitative estimate of drug-likeness (QED) is 0.243. The number of likely N-dealkylation sites (tertiary alicyclic amines) is 1. The SMILES string of the molecule is CCCN1[C@@H](CC(C)(C)C)[C@@]2(CNc3cc(Cl)ccc32)[C@@H](c2cccc(F)c2F)[C@@H]1C(=O)Nc1ccc(C(=O)O)cc1OC. The van der Waals surface area contributed by atoms with E-state index in [2.05, 4.69) is 36.3 Å². The largest absolute Gasteiger partial charge is 0.495 e. The number of rotatable bonds is 8. The number of aromatic carboxylic acids is 1.